The van der Waals surface area contributed by atoms with Crippen LogP contribution in [0.1, 0.15) is 19.4 Å². The van der Waals surface area contributed by atoms with Gasteiger partial charge in [0.2, 0.25) is 0 Å². The van der Waals surface area contributed by atoms with Crippen molar-refractivity contribution in [2.45, 2.75) is 19.6 Å². The summed E-state index contributed by atoms with van der Waals surface area (Å²) >= 11 is 0. The molecule has 0 amide bonds. The Bertz CT molecular complexity index is 894. The second-order valence-corrected chi connectivity index (χ2v) is 6.66. The first-order valence-corrected chi connectivity index (χ1v) is 9.05. The van der Waals surface area contributed by atoms with Gasteiger partial charge in [-0.05, 0) is 35.9 Å². The normalized spacial score (nSPS) is 15.2. The lowest BCUT2D eigenvalue weighted by atomic mass is 10.1. The zero-order chi connectivity index (χ0) is 20.9. The summed E-state index contributed by atoms with van der Waals surface area (Å²) in [6.07, 6.45) is 1.39. The highest BCUT2D eigenvalue weighted by Crippen LogP contribution is 2.30. The largest absolute Gasteiger partial charge is 0.493 e. The maximum Gasteiger partial charge on any atom is 0.348 e. The third kappa shape index (κ3) is 5.28. The summed E-state index contributed by atoms with van der Waals surface area (Å²) in [7, 11) is 1.51. The Kier molecular flexibility index (Phi) is 6.07. The lowest BCUT2D eigenvalue weighted by Crippen LogP contribution is -2.41. The van der Waals surface area contributed by atoms with Crippen molar-refractivity contribution in [3.8, 4) is 17.2 Å². The summed E-state index contributed by atoms with van der Waals surface area (Å²) in [5.41, 5.74) is 0.384. The molecule has 29 heavy (non-hydrogen) atoms. The average molecular weight is 398 g/mol. The number of hydrogen-bond acceptors (Lipinski definition) is 7. The number of cyclic esters (lactones) is 2. The molecule has 1 fully saturated rings. The van der Waals surface area contributed by atoms with Gasteiger partial charge in [0.1, 0.15) is 24.5 Å². The SMILES string of the molecule is COc1cc(C=C2C(=O)OC(C)(C)OC2=O)ccc1OCCOc1ccccc1. The van der Waals surface area contributed by atoms with E-state index >= 15 is 0 Å². The monoisotopic (exact) mass is 398 g/mol. The summed E-state index contributed by atoms with van der Waals surface area (Å²) in [6.45, 7) is 3.68. The zero-order valence-corrected chi connectivity index (χ0v) is 16.5. The van der Waals surface area contributed by atoms with E-state index in [-0.39, 0.29) is 5.57 Å². The van der Waals surface area contributed by atoms with E-state index in [0.29, 0.717) is 30.3 Å². The van der Waals surface area contributed by atoms with Gasteiger partial charge in [-0.1, -0.05) is 24.3 Å². The van der Waals surface area contributed by atoms with Crippen molar-refractivity contribution in [1.82, 2.24) is 0 Å². The number of esters is 2. The third-order valence-electron chi connectivity index (χ3n) is 3.97. The van der Waals surface area contributed by atoms with Gasteiger partial charge in [0.05, 0.1) is 7.11 Å². The summed E-state index contributed by atoms with van der Waals surface area (Å²) in [5, 5.41) is 0. The van der Waals surface area contributed by atoms with E-state index in [0.717, 1.165) is 5.75 Å². The third-order valence-corrected chi connectivity index (χ3v) is 3.97. The molecule has 152 valence electrons. The number of carbonyl (C=O) groups is 2. The topological polar surface area (TPSA) is 80.3 Å². The minimum atomic E-state index is -1.28. The summed E-state index contributed by atoms with van der Waals surface area (Å²) in [6, 6.07) is 14.5. The molecule has 0 atom stereocenters. The molecule has 7 heteroatoms. The van der Waals surface area contributed by atoms with E-state index in [1.807, 2.05) is 30.3 Å². The van der Waals surface area contributed by atoms with E-state index in [2.05, 4.69) is 0 Å². The number of carbonyl (C=O) groups excluding carboxylic acids is 2. The minimum absolute atomic E-state index is 0.184. The average Bonchev–Trinajstić information content (AvgIpc) is 2.68. The number of para-hydroxylation sites is 1. The van der Waals surface area contributed by atoms with Crippen molar-refractivity contribution >= 4 is 18.0 Å². The molecule has 2 aromatic rings. The second kappa shape index (κ2) is 8.68. The van der Waals surface area contributed by atoms with Gasteiger partial charge in [0.25, 0.3) is 5.79 Å². The quantitative estimate of drug-likeness (QED) is 0.306. The van der Waals surface area contributed by atoms with Crippen LogP contribution in [-0.2, 0) is 19.1 Å². The van der Waals surface area contributed by atoms with Crippen LogP contribution in [0.4, 0.5) is 0 Å². The van der Waals surface area contributed by atoms with Crippen LogP contribution in [-0.4, -0.2) is 38.0 Å². The molecule has 0 radical (unpaired) electrons. The van der Waals surface area contributed by atoms with E-state index in [1.54, 1.807) is 18.2 Å². The van der Waals surface area contributed by atoms with Gasteiger partial charge in [0, 0.05) is 13.8 Å². The fourth-order valence-electron chi connectivity index (χ4n) is 2.67. The van der Waals surface area contributed by atoms with Crippen molar-refractivity contribution in [2.75, 3.05) is 20.3 Å². The van der Waals surface area contributed by atoms with Crippen LogP contribution in [0, 0.1) is 0 Å². The molecule has 2 aromatic carbocycles. The molecule has 1 aliphatic heterocycles. The Hall–Kier alpha value is -3.48. The van der Waals surface area contributed by atoms with Gasteiger partial charge in [0.15, 0.2) is 11.5 Å². The van der Waals surface area contributed by atoms with Gasteiger partial charge in [-0.2, -0.15) is 0 Å². The number of benzene rings is 2. The first-order valence-electron chi connectivity index (χ1n) is 9.05. The van der Waals surface area contributed by atoms with Crippen LogP contribution in [0.2, 0.25) is 0 Å². The zero-order valence-electron chi connectivity index (χ0n) is 16.5. The van der Waals surface area contributed by atoms with Gasteiger partial charge >= 0.3 is 11.9 Å². The maximum absolute atomic E-state index is 12.1. The fraction of sp³-hybridized carbons (Fsp3) is 0.273. The molecule has 3 rings (SSSR count). The molecular weight excluding hydrogens is 376 g/mol. The summed E-state index contributed by atoms with van der Waals surface area (Å²) < 4.78 is 26.8. The molecule has 0 aliphatic carbocycles. The van der Waals surface area contributed by atoms with Crippen LogP contribution in [0.25, 0.3) is 6.08 Å². The van der Waals surface area contributed by atoms with Crippen LogP contribution in [0.15, 0.2) is 54.1 Å². The molecule has 0 unspecified atom stereocenters. The summed E-state index contributed by atoms with van der Waals surface area (Å²) in [5.74, 6) is -1.01. The number of rotatable bonds is 7. The molecule has 0 aromatic heterocycles. The van der Waals surface area contributed by atoms with Gasteiger partial charge in [-0.25, -0.2) is 9.59 Å². The predicted octanol–water partition coefficient (Wildman–Crippen LogP) is 3.37. The van der Waals surface area contributed by atoms with Crippen molar-refractivity contribution in [2.24, 2.45) is 0 Å². The highest BCUT2D eigenvalue weighted by molar-refractivity contribution is 6.18. The number of methoxy groups -OCH3 is 1. The molecule has 0 N–H and O–H groups in total. The smallest absolute Gasteiger partial charge is 0.348 e. The van der Waals surface area contributed by atoms with Gasteiger partial charge in [-0.15, -0.1) is 0 Å². The van der Waals surface area contributed by atoms with E-state index < -0.39 is 17.7 Å². The molecule has 0 bridgehead atoms. The highest BCUT2D eigenvalue weighted by Gasteiger charge is 2.38. The predicted molar refractivity (Wildman–Crippen MR) is 105 cm³/mol. The Morgan fingerprint density at radius 3 is 2.21 bits per heavy atom. The van der Waals surface area contributed by atoms with Crippen molar-refractivity contribution < 1.29 is 33.3 Å². The van der Waals surface area contributed by atoms with Gasteiger partial charge in [-0.3, -0.25) is 0 Å². The van der Waals surface area contributed by atoms with Crippen LogP contribution >= 0.6 is 0 Å². The first-order chi connectivity index (χ1) is 13.9. The Morgan fingerprint density at radius 2 is 1.55 bits per heavy atom. The molecule has 0 saturated carbocycles. The number of ether oxygens (including phenoxy) is 5. The Labute approximate surface area is 168 Å². The molecule has 1 saturated heterocycles. The summed E-state index contributed by atoms with van der Waals surface area (Å²) in [4.78, 5) is 24.2. The number of hydrogen-bond donors (Lipinski definition) is 0. The molecule has 0 spiro atoms. The van der Waals surface area contributed by atoms with Crippen LogP contribution < -0.4 is 14.2 Å². The highest BCUT2D eigenvalue weighted by atomic mass is 16.7. The standard InChI is InChI=1S/C22H22O7/c1-22(2)28-20(23)17(21(24)29-22)13-15-9-10-18(19(14-15)25-3)27-12-11-26-16-7-5-4-6-8-16/h4-10,13-14H,11-12H2,1-3H3. The van der Waals surface area contributed by atoms with Crippen molar-refractivity contribution in [1.29, 1.82) is 0 Å². The molecule has 1 heterocycles. The Balaban J connectivity index is 1.65. The van der Waals surface area contributed by atoms with Crippen molar-refractivity contribution in [3.05, 3.63) is 59.7 Å². The second-order valence-electron chi connectivity index (χ2n) is 6.66. The maximum atomic E-state index is 12.1. The van der Waals surface area contributed by atoms with E-state index in [1.165, 1.54) is 27.0 Å². The first kappa shape index (κ1) is 20.3. The van der Waals surface area contributed by atoms with Crippen LogP contribution in [0.5, 0.6) is 17.2 Å². The van der Waals surface area contributed by atoms with E-state index in [4.69, 9.17) is 23.7 Å². The van der Waals surface area contributed by atoms with Crippen LogP contribution in [0.3, 0.4) is 0 Å². The molecule has 1 aliphatic rings. The minimum Gasteiger partial charge on any atom is -0.493 e. The molecule has 7 nitrogen and oxygen atoms in total. The lowest BCUT2D eigenvalue weighted by molar-refractivity contribution is -0.222. The Morgan fingerprint density at radius 1 is 0.897 bits per heavy atom. The fourth-order valence-corrected chi connectivity index (χ4v) is 2.67. The molecular formula is C22H22O7. The lowest BCUT2D eigenvalue weighted by Gasteiger charge is -2.29. The van der Waals surface area contributed by atoms with Crippen molar-refractivity contribution in [3.63, 3.8) is 0 Å². The van der Waals surface area contributed by atoms with Gasteiger partial charge < -0.3 is 23.7 Å². The van der Waals surface area contributed by atoms with E-state index in [9.17, 15) is 9.59 Å².